The molecule has 0 bridgehead atoms. The second-order valence-electron chi connectivity index (χ2n) is 4.15. The summed E-state index contributed by atoms with van der Waals surface area (Å²) in [6, 6.07) is 13.3. The van der Waals surface area contributed by atoms with Gasteiger partial charge >= 0.3 is 0 Å². The molecule has 0 atom stereocenters. The summed E-state index contributed by atoms with van der Waals surface area (Å²) in [6.07, 6.45) is 1.73. The molecule has 2 rings (SSSR count). The lowest BCUT2D eigenvalue weighted by atomic mass is 10.1. The molecule has 0 aliphatic rings. The molecule has 0 aliphatic carbocycles. The average Bonchev–Trinajstić information content (AvgIpc) is 2.44. The van der Waals surface area contributed by atoms with Crippen LogP contribution in [0.3, 0.4) is 0 Å². The molecule has 20 heavy (non-hydrogen) atoms. The summed E-state index contributed by atoms with van der Waals surface area (Å²) in [5.74, 6) is -0.507. The lowest BCUT2D eigenvalue weighted by molar-refractivity contribution is -0.120. The first-order valence-electron chi connectivity index (χ1n) is 5.95. The zero-order valence-corrected chi connectivity index (χ0v) is 12.1. The van der Waals surface area contributed by atoms with E-state index in [9.17, 15) is 9.18 Å². The Hall–Kier alpha value is -2.01. The highest BCUT2D eigenvalue weighted by Crippen LogP contribution is 2.10. The van der Waals surface area contributed by atoms with Crippen molar-refractivity contribution in [2.75, 3.05) is 0 Å². The standard InChI is InChI=1S/C15H12BrFN2O/c16-13-5-1-11(2-6-13)9-15(20)19-18-10-12-3-7-14(17)8-4-12/h1-8,10H,9H2,(H,19,20)/b18-10+. The molecule has 1 N–H and O–H groups in total. The van der Waals surface area contributed by atoms with Crippen molar-refractivity contribution in [3.05, 3.63) is 69.9 Å². The lowest BCUT2D eigenvalue weighted by Gasteiger charge is -2.00. The van der Waals surface area contributed by atoms with Crippen LogP contribution in [-0.2, 0) is 11.2 Å². The maximum absolute atomic E-state index is 12.7. The summed E-state index contributed by atoms with van der Waals surface area (Å²) >= 11 is 3.33. The predicted molar refractivity (Wildman–Crippen MR) is 80.0 cm³/mol. The van der Waals surface area contributed by atoms with E-state index in [4.69, 9.17) is 0 Å². The third kappa shape index (κ3) is 4.59. The van der Waals surface area contributed by atoms with Gasteiger partial charge in [0, 0.05) is 4.47 Å². The number of carbonyl (C=O) groups is 1. The van der Waals surface area contributed by atoms with E-state index in [2.05, 4.69) is 26.5 Å². The highest BCUT2D eigenvalue weighted by Gasteiger charge is 2.01. The minimum atomic E-state index is -0.304. The summed E-state index contributed by atoms with van der Waals surface area (Å²) in [4.78, 5) is 11.6. The van der Waals surface area contributed by atoms with Gasteiger partial charge in [-0.15, -0.1) is 0 Å². The van der Waals surface area contributed by atoms with Crippen LogP contribution in [0.1, 0.15) is 11.1 Å². The number of nitrogens with one attached hydrogen (secondary N) is 1. The first kappa shape index (κ1) is 14.4. The van der Waals surface area contributed by atoms with Crippen molar-refractivity contribution < 1.29 is 9.18 Å². The maximum atomic E-state index is 12.7. The van der Waals surface area contributed by atoms with Crippen LogP contribution < -0.4 is 5.43 Å². The Labute approximate surface area is 124 Å². The van der Waals surface area contributed by atoms with Crippen LogP contribution in [-0.4, -0.2) is 12.1 Å². The zero-order chi connectivity index (χ0) is 14.4. The van der Waals surface area contributed by atoms with E-state index >= 15 is 0 Å². The Bertz CT molecular complexity index is 609. The summed E-state index contributed by atoms with van der Waals surface area (Å²) in [7, 11) is 0. The van der Waals surface area contributed by atoms with Gasteiger partial charge in [0.25, 0.3) is 0 Å². The van der Waals surface area contributed by atoms with Crippen LogP contribution in [0.5, 0.6) is 0 Å². The van der Waals surface area contributed by atoms with Crippen LogP contribution in [0.25, 0.3) is 0 Å². The van der Waals surface area contributed by atoms with Gasteiger partial charge in [-0.2, -0.15) is 5.10 Å². The number of hydrogen-bond acceptors (Lipinski definition) is 2. The van der Waals surface area contributed by atoms with Gasteiger partial charge < -0.3 is 0 Å². The summed E-state index contributed by atoms with van der Waals surface area (Å²) in [5, 5.41) is 3.83. The fraction of sp³-hybridized carbons (Fsp3) is 0.0667. The third-order valence-corrected chi connectivity index (χ3v) is 3.08. The number of halogens is 2. The Morgan fingerprint density at radius 2 is 1.80 bits per heavy atom. The van der Waals surface area contributed by atoms with Crippen LogP contribution in [0.4, 0.5) is 4.39 Å². The van der Waals surface area contributed by atoms with E-state index in [1.54, 1.807) is 12.1 Å². The van der Waals surface area contributed by atoms with Crippen molar-refractivity contribution in [1.82, 2.24) is 5.43 Å². The van der Waals surface area contributed by atoms with Gasteiger partial charge in [-0.25, -0.2) is 9.82 Å². The zero-order valence-electron chi connectivity index (χ0n) is 10.5. The molecule has 0 heterocycles. The number of hydrogen-bond donors (Lipinski definition) is 1. The molecule has 3 nitrogen and oxygen atoms in total. The van der Waals surface area contributed by atoms with Crippen molar-refractivity contribution in [3.63, 3.8) is 0 Å². The average molecular weight is 335 g/mol. The molecule has 0 unspecified atom stereocenters. The second-order valence-corrected chi connectivity index (χ2v) is 5.06. The fourth-order valence-electron chi connectivity index (χ4n) is 1.55. The van der Waals surface area contributed by atoms with E-state index in [0.29, 0.717) is 0 Å². The van der Waals surface area contributed by atoms with Crippen molar-refractivity contribution in [3.8, 4) is 0 Å². The SMILES string of the molecule is O=C(Cc1ccc(Br)cc1)N/N=C/c1ccc(F)cc1. The highest BCUT2D eigenvalue weighted by molar-refractivity contribution is 9.10. The Morgan fingerprint density at radius 3 is 2.45 bits per heavy atom. The topological polar surface area (TPSA) is 41.5 Å². The molecule has 5 heteroatoms. The Kier molecular flexibility index (Phi) is 5.01. The van der Waals surface area contributed by atoms with E-state index in [0.717, 1.165) is 15.6 Å². The number of carbonyl (C=O) groups excluding carboxylic acids is 1. The number of hydrazone groups is 1. The lowest BCUT2D eigenvalue weighted by Crippen LogP contribution is -2.19. The predicted octanol–water partition coefficient (Wildman–Crippen LogP) is 3.28. The largest absolute Gasteiger partial charge is 0.273 e. The first-order valence-corrected chi connectivity index (χ1v) is 6.75. The molecule has 0 saturated carbocycles. The monoisotopic (exact) mass is 334 g/mol. The molecule has 0 aromatic heterocycles. The smallest absolute Gasteiger partial charge is 0.244 e. The molecule has 1 amide bonds. The molecule has 0 aliphatic heterocycles. The van der Waals surface area contributed by atoms with Crippen molar-refractivity contribution in [2.24, 2.45) is 5.10 Å². The fourth-order valence-corrected chi connectivity index (χ4v) is 1.82. The van der Waals surface area contributed by atoms with Crippen LogP contribution in [0.15, 0.2) is 58.1 Å². The minimum absolute atomic E-state index is 0.203. The Morgan fingerprint density at radius 1 is 1.15 bits per heavy atom. The number of rotatable bonds is 4. The van der Waals surface area contributed by atoms with Crippen molar-refractivity contribution >= 4 is 28.1 Å². The van der Waals surface area contributed by atoms with E-state index in [-0.39, 0.29) is 18.1 Å². The second kappa shape index (κ2) is 6.96. The van der Waals surface area contributed by atoms with E-state index < -0.39 is 0 Å². The van der Waals surface area contributed by atoms with Crippen molar-refractivity contribution in [2.45, 2.75) is 6.42 Å². The van der Waals surface area contributed by atoms with E-state index in [1.807, 2.05) is 24.3 Å². The number of benzene rings is 2. The first-order chi connectivity index (χ1) is 9.63. The molecule has 0 spiro atoms. The van der Waals surface area contributed by atoms with Crippen LogP contribution in [0.2, 0.25) is 0 Å². The van der Waals surface area contributed by atoms with Gasteiger partial charge in [0.2, 0.25) is 5.91 Å². The van der Waals surface area contributed by atoms with Crippen molar-refractivity contribution in [1.29, 1.82) is 0 Å². The molecular weight excluding hydrogens is 323 g/mol. The van der Waals surface area contributed by atoms with Gasteiger partial charge in [-0.1, -0.05) is 40.2 Å². The highest BCUT2D eigenvalue weighted by atomic mass is 79.9. The van der Waals surface area contributed by atoms with Gasteiger partial charge in [-0.3, -0.25) is 4.79 Å². The van der Waals surface area contributed by atoms with Gasteiger partial charge in [-0.05, 0) is 35.4 Å². The molecular formula is C15H12BrFN2O. The molecule has 2 aromatic rings. The molecule has 0 fully saturated rings. The van der Waals surface area contributed by atoms with Gasteiger partial charge in [0.1, 0.15) is 5.82 Å². The Balaban J connectivity index is 1.85. The van der Waals surface area contributed by atoms with Crippen LogP contribution >= 0.6 is 15.9 Å². The summed E-state index contributed by atoms with van der Waals surface area (Å²) < 4.78 is 13.7. The molecule has 2 aromatic carbocycles. The number of nitrogens with zero attached hydrogens (tertiary/aromatic N) is 1. The third-order valence-electron chi connectivity index (χ3n) is 2.55. The number of amides is 1. The van der Waals surface area contributed by atoms with Crippen LogP contribution in [0, 0.1) is 5.82 Å². The quantitative estimate of drug-likeness (QED) is 0.676. The summed E-state index contributed by atoms with van der Waals surface area (Å²) in [6.45, 7) is 0. The summed E-state index contributed by atoms with van der Waals surface area (Å²) in [5.41, 5.74) is 4.06. The normalized spacial score (nSPS) is 10.7. The molecule has 0 saturated heterocycles. The molecule has 102 valence electrons. The molecule has 0 radical (unpaired) electrons. The van der Waals surface area contributed by atoms with Gasteiger partial charge in [0.15, 0.2) is 0 Å². The maximum Gasteiger partial charge on any atom is 0.244 e. The van der Waals surface area contributed by atoms with E-state index in [1.165, 1.54) is 18.3 Å². The van der Waals surface area contributed by atoms with Gasteiger partial charge in [0.05, 0.1) is 12.6 Å². The minimum Gasteiger partial charge on any atom is -0.273 e.